The Morgan fingerprint density at radius 3 is 2.49 bits per heavy atom. The van der Waals surface area contributed by atoms with Crippen molar-refractivity contribution in [3.8, 4) is 0 Å². The Morgan fingerprint density at radius 2 is 1.81 bits per heavy atom. The first kappa shape index (κ1) is 26.2. The van der Waals surface area contributed by atoms with Crippen LogP contribution in [-0.4, -0.2) is 34.6 Å². The first-order chi connectivity index (χ1) is 17.7. The molecule has 1 aliphatic heterocycles. The molecule has 4 rings (SSSR count). The van der Waals surface area contributed by atoms with Crippen LogP contribution in [0.5, 0.6) is 0 Å². The lowest BCUT2D eigenvalue weighted by molar-refractivity contribution is -0.114. The van der Waals surface area contributed by atoms with E-state index in [0.29, 0.717) is 33.8 Å². The van der Waals surface area contributed by atoms with Crippen LogP contribution in [0.15, 0.2) is 48.5 Å². The summed E-state index contributed by atoms with van der Waals surface area (Å²) in [6, 6.07) is 15.3. The molecule has 0 aliphatic carbocycles. The molecule has 1 aliphatic rings. The number of fused-ring (bicyclic) bond motifs is 1. The molecule has 1 atom stereocenters. The van der Waals surface area contributed by atoms with Gasteiger partial charge < -0.3 is 20.9 Å². The Kier molecular flexibility index (Phi) is 7.83. The molecule has 192 valence electrons. The van der Waals surface area contributed by atoms with Gasteiger partial charge in [-0.25, -0.2) is 0 Å². The zero-order chi connectivity index (χ0) is 26.7. The molecule has 0 spiro atoms. The number of amides is 3. The largest absolute Gasteiger partial charge is 0.357 e. The second-order valence-corrected chi connectivity index (χ2v) is 9.90. The van der Waals surface area contributed by atoms with Crippen molar-refractivity contribution in [2.75, 3.05) is 16.5 Å². The van der Waals surface area contributed by atoms with Crippen molar-refractivity contribution in [3.63, 3.8) is 0 Å². The van der Waals surface area contributed by atoms with Gasteiger partial charge in [-0.2, -0.15) is 0 Å². The number of hydrogen-bond acceptors (Lipinski definition) is 3. The molecule has 1 unspecified atom stereocenters. The van der Waals surface area contributed by atoms with Crippen LogP contribution < -0.4 is 16.0 Å². The number of nitrogens with one attached hydrogen (secondary N) is 4. The molecule has 8 heteroatoms. The van der Waals surface area contributed by atoms with Gasteiger partial charge in [-0.1, -0.05) is 44.2 Å². The van der Waals surface area contributed by atoms with E-state index >= 15 is 0 Å². The van der Waals surface area contributed by atoms with Crippen molar-refractivity contribution in [1.29, 1.82) is 0 Å². The fourth-order valence-electron chi connectivity index (χ4n) is 4.47. The van der Waals surface area contributed by atoms with Gasteiger partial charge in [-0.15, -0.1) is 11.6 Å². The highest BCUT2D eigenvalue weighted by atomic mass is 35.5. The number of halogens is 1. The number of alkyl halides is 1. The number of rotatable bonds is 8. The molecular weight excluding hydrogens is 488 g/mol. The standard InChI is InChI=1S/C29H31ClN4O3/c1-16(2)24(12-19-8-6-5-7-9-19)33-28(36)20-10-11-23-21(13-20)22(29(37)32-23)14-25-17(3)27(18(4)31-25)34-26(35)15-30/h5-11,13-14,16,24,31H,12,15H2,1-4H3,(H,32,37)(H,33,36)(H,34,35). The van der Waals surface area contributed by atoms with Crippen molar-refractivity contribution in [1.82, 2.24) is 10.3 Å². The van der Waals surface area contributed by atoms with Gasteiger partial charge in [0.05, 0.1) is 11.3 Å². The smallest absolute Gasteiger partial charge is 0.256 e. The summed E-state index contributed by atoms with van der Waals surface area (Å²) in [4.78, 5) is 41.1. The van der Waals surface area contributed by atoms with E-state index in [1.165, 1.54) is 0 Å². The molecule has 4 N–H and O–H groups in total. The number of aryl methyl sites for hydroxylation is 1. The highest BCUT2D eigenvalue weighted by molar-refractivity contribution is 6.35. The van der Waals surface area contributed by atoms with Crippen LogP contribution in [0.25, 0.3) is 11.6 Å². The Balaban J connectivity index is 1.60. The van der Waals surface area contributed by atoms with E-state index in [4.69, 9.17) is 11.6 Å². The van der Waals surface area contributed by atoms with Gasteiger partial charge in [-0.05, 0) is 61.6 Å². The monoisotopic (exact) mass is 518 g/mol. The van der Waals surface area contributed by atoms with E-state index in [2.05, 4.69) is 46.9 Å². The average Bonchev–Trinajstić information content (AvgIpc) is 3.33. The predicted octanol–water partition coefficient (Wildman–Crippen LogP) is 5.30. The van der Waals surface area contributed by atoms with Crippen LogP contribution in [0.1, 0.15) is 52.3 Å². The molecule has 3 amide bonds. The van der Waals surface area contributed by atoms with Gasteiger partial charge in [0.25, 0.3) is 11.8 Å². The number of aromatic amines is 1. The number of aromatic nitrogens is 1. The number of H-pyrrole nitrogens is 1. The van der Waals surface area contributed by atoms with E-state index < -0.39 is 0 Å². The van der Waals surface area contributed by atoms with Crippen molar-refractivity contribution in [2.45, 2.75) is 40.2 Å². The Morgan fingerprint density at radius 1 is 1.08 bits per heavy atom. The maximum Gasteiger partial charge on any atom is 0.256 e. The van der Waals surface area contributed by atoms with Crippen molar-refractivity contribution >= 4 is 52.3 Å². The number of anilines is 2. The summed E-state index contributed by atoms with van der Waals surface area (Å²) in [5.74, 6) is -0.657. The SMILES string of the molecule is Cc1[nH]c(C=C2C(=O)Nc3ccc(C(=O)NC(Cc4ccccc4)C(C)C)cc32)c(C)c1NC(=O)CCl. The topological polar surface area (TPSA) is 103 Å². The lowest BCUT2D eigenvalue weighted by Crippen LogP contribution is -2.40. The normalized spacial score (nSPS) is 14.4. The first-order valence-corrected chi connectivity index (χ1v) is 12.8. The van der Waals surface area contributed by atoms with Crippen LogP contribution in [0.4, 0.5) is 11.4 Å². The van der Waals surface area contributed by atoms with E-state index in [1.54, 1.807) is 24.3 Å². The lowest BCUT2D eigenvalue weighted by Gasteiger charge is -2.23. The second-order valence-electron chi connectivity index (χ2n) is 9.63. The molecule has 0 bridgehead atoms. The quantitative estimate of drug-likeness (QED) is 0.240. The van der Waals surface area contributed by atoms with Gasteiger partial charge in [0.1, 0.15) is 5.88 Å². The Labute approximate surface area is 221 Å². The second kappa shape index (κ2) is 11.0. The van der Waals surface area contributed by atoms with Gasteiger partial charge in [0.2, 0.25) is 5.91 Å². The van der Waals surface area contributed by atoms with E-state index in [0.717, 1.165) is 23.2 Å². The summed E-state index contributed by atoms with van der Waals surface area (Å²) in [5, 5.41) is 8.83. The Bertz CT molecular complexity index is 1380. The first-order valence-electron chi connectivity index (χ1n) is 12.2. The maximum atomic E-state index is 13.2. The zero-order valence-corrected chi connectivity index (χ0v) is 22.1. The summed E-state index contributed by atoms with van der Waals surface area (Å²) in [7, 11) is 0. The van der Waals surface area contributed by atoms with Crippen molar-refractivity contribution < 1.29 is 14.4 Å². The van der Waals surface area contributed by atoms with Gasteiger partial charge >= 0.3 is 0 Å². The molecule has 0 fully saturated rings. The molecule has 7 nitrogen and oxygen atoms in total. The highest BCUT2D eigenvalue weighted by Crippen LogP contribution is 2.35. The fraction of sp³-hybridized carbons (Fsp3) is 0.276. The van der Waals surface area contributed by atoms with Crippen LogP contribution in [0, 0.1) is 19.8 Å². The molecule has 0 saturated carbocycles. The zero-order valence-electron chi connectivity index (χ0n) is 21.4. The minimum absolute atomic E-state index is 0.0379. The molecule has 0 radical (unpaired) electrons. The summed E-state index contributed by atoms with van der Waals surface area (Å²) >= 11 is 5.64. The number of carbonyl (C=O) groups excluding carboxylic acids is 3. The van der Waals surface area contributed by atoms with Crippen LogP contribution in [-0.2, 0) is 16.0 Å². The Hall–Kier alpha value is -3.84. The summed E-state index contributed by atoms with van der Waals surface area (Å²) in [5.41, 5.74) is 6.26. The van der Waals surface area contributed by atoms with Crippen LogP contribution in [0.2, 0.25) is 0 Å². The highest BCUT2D eigenvalue weighted by Gasteiger charge is 2.27. The molecule has 3 aromatic rings. The average molecular weight is 519 g/mol. The summed E-state index contributed by atoms with van der Waals surface area (Å²) < 4.78 is 0. The number of carbonyl (C=O) groups is 3. The lowest BCUT2D eigenvalue weighted by atomic mass is 9.95. The predicted molar refractivity (Wildman–Crippen MR) is 149 cm³/mol. The van der Waals surface area contributed by atoms with Crippen molar-refractivity contribution in [3.05, 3.63) is 82.2 Å². The minimum Gasteiger partial charge on any atom is -0.357 e. The fourth-order valence-corrected chi connectivity index (χ4v) is 4.54. The van der Waals surface area contributed by atoms with Crippen LogP contribution in [0.3, 0.4) is 0 Å². The molecular formula is C29H31ClN4O3. The summed E-state index contributed by atoms with van der Waals surface area (Å²) in [6.45, 7) is 7.87. The minimum atomic E-state index is -0.308. The molecule has 2 heterocycles. The third-order valence-corrected chi connectivity index (χ3v) is 6.88. The van der Waals surface area contributed by atoms with E-state index in [1.807, 2.05) is 32.0 Å². The molecule has 0 saturated heterocycles. The molecule has 37 heavy (non-hydrogen) atoms. The van der Waals surface area contributed by atoms with Crippen molar-refractivity contribution in [2.24, 2.45) is 5.92 Å². The van der Waals surface area contributed by atoms with Gasteiger partial charge in [0.15, 0.2) is 0 Å². The third-order valence-electron chi connectivity index (χ3n) is 6.64. The van der Waals surface area contributed by atoms with Gasteiger partial charge in [0, 0.05) is 34.2 Å². The van der Waals surface area contributed by atoms with E-state index in [9.17, 15) is 14.4 Å². The number of benzene rings is 2. The number of hydrogen-bond donors (Lipinski definition) is 4. The van der Waals surface area contributed by atoms with Gasteiger partial charge in [-0.3, -0.25) is 14.4 Å². The maximum absolute atomic E-state index is 13.2. The van der Waals surface area contributed by atoms with Crippen LogP contribution >= 0.6 is 11.6 Å². The third kappa shape index (κ3) is 5.78. The summed E-state index contributed by atoms with van der Waals surface area (Å²) in [6.07, 6.45) is 2.47. The molecule has 2 aromatic carbocycles. The van der Waals surface area contributed by atoms with E-state index in [-0.39, 0.29) is 35.6 Å². The molecule has 1 aromatic heterocycles.